The summed E-state index contributed by atoms with van der Waals surface area (Å²) in [5.74, 6) is -0.354. The first-order chi connectivity index (χ1) is 28.9. The van der Waals surface area contributed by atoms with Crippen LogP contribution in [-0.2, 0) is 27.9 Å². The summed E-state index contributed by atoms with van der Waals surface area (Å²) in [6.45, 7) is 4.79. The molecular weight excluding hydrogens is 758 g/mol. The third kappa shape index (κ3) is 46.9. The summed E-state index contributed by atoms with van der Waals surface area (Å²) < 4.78 is 33.5. The van der Waals surface area contributed by atoms with E-state index in [2.05, 4.69) is 86.8 Å². The Balaban J connectivity index is 4.06. The van der Waals surface area contributed by atoms with Crippen molar-refractivity contribution < 1.29 is 32.8 Å². The number of esters is 1. The maximum Gasteiger partial charge on any atom is 0.472 e. The second-order valence-corrected chi connectivity index (χ2v) is 17.1. The topological polar surface area (TPSA) is 117 Å². The highest BCUT2D eigenvalue weighted by Crippen LogP contribution is 2.43. The second-order valence-electron chi connectivity index (χ2n) is 15.6. The fraction of sp³-hybridized carbons (Fsp3) is 0.740. The van der Waals surface area contributed by atoms with Crippen LogP contribution in [0, 0.1) is 0 Å². The van der Waals surface area contributed by atoms with Gasteiger partial charge in [-0.15, -0.1) is 0 Å². The zero-order chi connectivity index (χ0) is 43.0. The van der Waals surface area contributed by atoms with Crippen molar-refractivity contribution in [3.05, 3.63) is 72.9 Å². The van der Waals surface area contributed by atoms with Crippen LogP contribution < -0.4 is 5.73 Å². The number of nitrogens with two attached hydrogens (primary N) is 1. The molecule has 0 bridgehead atoms. The molecule has 0 aromatic heterocycles. The lowest BCUT2D eigenvalue weighted by molar-refractivity contribution is -0.154. The molecule has 0 rings (SSSR count). The van der Waals surface area contributed by atoms with Crippen molar-refractivity contribution in [2.45, 2.75) is 206 Å². The molecule has 0 aromatic carbocycles. The number of phosphoric ester groups is 1. The van der Waals surface area contributed by atoms with Crippen LogP contribution in [0.1, 0.15) is 200 Å². The number of hydrogen-bond donors (Lipinski definition) is 2. The van der Waals surface area contributed by atoms with Gasteiger partial charge in [0.15, 0.2) is 0 Å². The molecule has 59 heavy (non-hydrogen) atoms. The summed E-state index contributed by atoms with van der Waals surface area (Å²) in [5.41, 5.74) is 5.38. The predicted molar refractivity (Wildman–Crippen MR) is 252 cm³/mol. The van der Waals surface area contributed by atoms with E-state index in [9.17, 15) is 14.3 Å². The zero-order valence-electron chi connectivity index (χ0n) is 38.0. The molecule has 3 N–H and O–H groups in total. The van der Waals surface area contributed by atoms with E-state index >= 15 is 0 Å². The molecule has 2 atom stereocenters. The molecule has 2 unspecified atom stereocenters. The third-order valence-corrected chi connectivity index (χ3v) is 10.9. The van der Waals surface area contributed by atoms with Crippen LogP contribution in [0.3, 0.4) is 0 Å². The van der Waals surface area contributed by atoms with Crippen LogP contribution in [0.15, 0.2) is 72.9 Å². The Hall–Kier alpha value is -2.06. The maximum atomic E-state index is 12.6. The number of hydrogen-bond acceptors (Lipinski definition) is 7. The monoisotopic (exact) mass is 848 g/mol. The van der Waals surface area contributed by atoms with Gasteiger partial charge in [-0.3, -0.25) is 13.8 Å². The number of allylic oxidation sites excluding steroid dienone is 12. The third-order valence-electron chi connectivity index (χ3n) is 9.89. The first-order valence-electron chi connectivity index (χ1n) is 23.9. The normalized spacial score (nSPS) is 14.0. The predicted octanol–water partition coefficient (Wildman–Crippen LogP) is 14.7. The van der Waals surface area contributed by atoms with Gasteiger partial charge in [0.25, 0.3) is 0 Å². The van der Waals surface area contributed by atoms with Gasteiger partial charge < -0.3 is 20.1 Å². The summed E-state index contributed by atoms with van der Waals surface area (Å²) in [7, 11) is -4.29. The molecule has 0 spiro atoms. The number of ether oxygens (including phenoxy) is 2. The molecular formula is C50H90NO7P. The Bertz CT molecular complexity index is 1130. The molecule has 8 nitrogen and oxygen atoms in total. The van der Waals surface area contributed by atoms with E-state index in [0.717, 1.165) is 83.5 Å². The van der Waals surface area contributed by atoms with E-state index < -0.39 is 13.9 Å². The van der Waals surface area contributed by atoms with E-state index in [-0.39, 0.29) is 38.8 Å². The summed E-state index contributed by atoms with van der Waals surface area (Å²) in [6, 6.07) is 0. The largest absolute Gasteiger partial charge is 0.472 e. The quantitative estimate of drug-likeness (QED) is 0.0269. The number of carbonyl (C=O) groups is 1. The van der Waals surface area contributed by atoms with Crippen molar-refractivity contribution in [2.24, 2.45) is 5.73 Å². The van der Waals surface area contributed by atoms with E-state index in [0.29, 0.717) is 6.61 Å². The fourth-order valence-electron chi connectivity index (χ4n) is 6.41. The first kappa shape index (κ1) is 56.9. The molecule has 0 amide bonds. The van der Waals surface area contributed by atoms with Gasteiger partial charge in [0.1, 0.15) is 6.10 Å². The minimum Gasteiger partial charge on any atom is -0.457 e. The molecule has 0 aliphatic rings. The van der Waals surface area contributed by atoms with Gasteiger partial charge in [0.05, 0.1) is 19.8 Å². The SMILES string of the molecule is CC/C=C\C/C=C\C/C=C\C/C=C\C/C=C\C/C=C\CCCCCCC(=O)OC(COCCCCCCCCCCCCCCCCCCC)COP(=O)(O)OCCN. The molecule has 0 heterocycles. The Morgan fingerprint density at radius 1 is 0.525 bits per heavy atom. The molecule has 0 fully saturated rings. The lowest BCUT2D eigenvalue weighted by Gasteiger charge is -2.20. The van der Waals surface area contributed by atoms with Gasteiger partial charge in [-0.05, 0) is 64.2 Å². The Morgan fingerprint density at radius 2 is 0.949 bits per heavy atom. The second kappa shape index (κ2) is 47.0. The van der Waals surface area contributed by atoms with Gasteiger partial charge in [0, 0.05) is 19.6 Å². The minimum atomic E-state index is -4.29. The van der Waals surface area contributed by atoms with Gasteiger partial charge in [0.2, 0.25) is 0 Å². The summed E-state index contributed by atoms with van der Waals surface area (Å²) in [6.07, 6.45) is 59.2. The van der Waals surface area contributed by atoms with E-state index in [1.165, 1.54) is 96.3 Å². The van der Waals surface area contributed by atoms with E-state index in [1.807, 2.05) is 0 Å². The molecule has 0 radical (unpaired) electrons. The van der Waals surface area contributed by atoms with Gasteiger partial charge >= 0.3 is 13.8 Å². The minimum absolute atomic E-state index is 0.0934. The van der Waals surface area contributed by atoms with Crippen molar-refractivity contribution in [2.75, 3.05) is 33.0 Å². The molecule has 9 heteroatoms. The van der Waals surface area contributed by atoms with Crippen LogP contribution in [0.5, 0.6) is 0 Å². The van der Waals surface area contributed by atoms with Crippen LogP contribution in [0.4, 0.5) is 0 Å². The van der Waals surface area contributed by atoms with Crippen LogP contribution in [0.25, 0.3) is 0 Å². The Labute approximate surface area is 363 Å². The van der Waals surface area contributed by atoms with Crippen LogP contribution >= 0.6 is 7.82 Å². The van der Waals surface area contributed by atoms with Crippen molar-refractivity contribution >= 4 is 13.8 Å². The lowest BCUT2D eigenvalue weighted by atomic mass is 10.0. The van der Waals surface area contributed by atoms with Crippen molar-refractivity contribution in [3.8, 4) is 0 Å². The standard InChI is InChI=1S/C50H90NO7P/c1-3-5-7-9-11-13-15-17-19-21-22-23-24-25-26-27-29-31-33-35-37-39-41-43-50(52)58-49(48-57-59(53,54)56-46-44-51)47-55-45-42-40-38-36-34-32-30-28-20-18-16-14-12-10-8-6-4-2/h5,7,11,13,17,19,22-23,25-26,29,31,49H,3-4,6,8-10,12,14-16,18,20-21,24,27-28,30,32-48,51H2,1-2H3,(H,53,54)/b7-5-,13-11-,19-17-,23-22-,26-25-,31-29-. The molecule has 342 valence electrons. The van der Waals surface area contributed by atoms with Crippen LogP contribution in [0.2, 0.25) is 0 Å². The number of carbonyl (C=O) groups excluding carboxylic acids is 1. The van der Waals surface area contributed by atoms with Gasteiger partial charge in [-0.25, -0.2) is 4.57 Å². The molecule has 0 aliphatic heterocycles. The van der Waals surface area contributed by atoms with Gasteiger partial charge in [-0.1, -0.05) is 202 Å². The summed E-state index contributed by atoms with van der Waals surface area (Å²) in [4.78, 5) is 22.5. The van der Waals surface area contributed by atoms with Crippen molar-refractivity contribution in [1.29, 1.82) is 0 Å². The average Bonchev–Trinajstić information content (AvgIpc) is 3.23. The highest BCUT2D eigenvalue weighted by atomic mass is 31.2. The smallest absolute Gasteiger partial charge is 0.457 e. The first-order valence-corrected chi connectivity index (χ1v) is 25.4. The average molecular weight is 848 g/mol. The Morgan fingerprint density at radius 3 is 1.42 bits per heavy atom. The van der Waals surface area contributed by atoms with Crippen molar-refractivity contribution in [3.63, 3.8) is 0 Å². The molecule has 0 aromatic rings. The Kier molecular flexibility index (Phi) is 45.4. The number of rotatable bonds is 45. The number of phosphoric acid groups is 1. The lowest BCUT2D eigenvalue weighted by Crippen LogP contribution is -2.28. The highest BCUT2D eigenvalue weighted by molar-refractivity contribution is 7.47. The maximum absolute atomic E-state index is 12.6. The van der Waals surface area contributed by atoms with Crippen molar-refractivity contribution in [1.82, 2.24) is 0 Å². The number of unbranched alkanes of at least 4 members (excludes halogenated alkanes) is 20. The summed E-state index contributed by atoms with van der Waals surface area (Å²) >= 11 is 0. The zero-order valence-corrected chi connectivity index (χ0v) is 38.9. The van der Waals surface area contributed by atoms with E-state index in [4.69, 9.17) is 24.3 Å². The molecule has 0 aliphatic carbocycles. The van der Waals surface area contributed by atoms with E-state index in [1.54, 1.807) is 0 Å². The highest BCUT2D eigenvalue weighted by Gasteiger charge is 2.25. The molecule has 0 saturated heterocycles. The summed E-state index contributed by atoms with van der Waals surface area (Å²) in [5, 5.41) is 0. The van der Waals surface area contributed by atoms with Crippen LogP contribution in [-0.4, -0.2) is 49.9 Å². The fourth-order valence-corrected chi connectivity index (χ4v) is 7.18. The molecule has 0 saturated carbocycles. The van der Waals surface area contributed by atoms with Gasteiger partial charge in [-0.2, -0.15) is 0 Å².